The lowest BCUT2D eigenvalue weighted by atomic mass is 10.1. The van der Waals surface area contributed by atoms with Crippen LogP contribution in [0.4, 0.5) is 16.2 Å². The van der Waals surface area contributed by atoms with Gasteiger partial charge in [0.05, 0.1) is 11.4 Å². The summed E-state index contributed by atoms with van der Waals surface area (Å²) in [4.78, 5) is 14.3. The molecule has 2 aromatic rings. The zero-order chi connectivity index (χ0) is 15.2. The van der Waals surface area contributed by atoms with Crippen LogP contribution >= 0.6 is 0 Å². The molecule has 1 amide bonds. The van der Waals surface area contributed by atoms with Crippen molar-refractivity contribution < 1.29 is 9.53 Å². The van der Waals surface area contributed by atoms with E-state index in [4.69, 9.17) is 4.74 Å². The molecule has 4 heteroatoms. The maximum absolute atomic E-state index is 12.7. The fraction of sp³-hybridized carbons (Fsp3) is 0.278. The number of ether oxygens (including phenoxy) is 1. The molecule has 0 radical (unpaired) electrons. The highest BCUT2D eigenvalue weighted by atomic mass is 16.6. The van der Waals surface area contributed by atoms with Gasteiger partial charge in [0.25, 0.3) is 0 Å². The summed E-state index contributed by atoms with van der Waals surface area (Å²) in [5.41, 5.74) is 1.62. The first kappa shape index (κ1) is 14.6. The van der Waals surface area contributed by atoms with Crippen molar-refractivity contribution >= 4 is 17.5 Å². The Hall–Kier alpha value is -2.33. The van der Waals surface area contributed by atoms with Gasteiger partial charge < -0.3 is 10.1 Å². The number of benzene rings is 2. The van der Waals surface area contributed by atoms with E-state index >= 15 is 0 Å². The van der Waals surface area contributed by atoms with Crippen molar-refractivity contribution in [2.45, 2.75) is 18.9 Å². The molecule has 1 aliphatic rings. The van der Waals surface area contributed by atoms with Gasteiger partial charge in [0, 0.05) is 6.54 Å². The van der Waals surface area contributed by atoms with E-state index in [0.717, 1.165) is 37.3 Å². The van der Waals surface area contributed by atoms with Crippen molar-refractivity contribution in [3.05, 3.63) is 60.7 Å². The lowest BCUT2D eigenvalue weighted by Gasteiger charge is -2.28. The summed E-state index contributed by atoms with van der Waals surface area (Å²) in [5, 5.41) is 3.26. The summed E-state index contributed by atoms with van der Waals surface area (Å²) in [7, 11) is 0. The first-order valence-electron chi connectivity index (χ1n) is 7.66. The molecule has 3 rings (SSSR count). The van der Waals surface area contributed by atoms with Gasteiger partial charge >= 0.3 is 6.09 Å². The number of anilines is 2. The highest BCUT2D eigenvalue weighted by Gasteiger charge is 2.24. The summed E-state index contributed by atoms with van der Waals surface area (Å²) in [6.45, 7) is 1.72. The zero-order valence-electron chi connectivity index (χ0n) is 12.4. The Labute approximate surface area is 130 Å². The van der Waals surface area contributed by atoms with E-state index in [2.05, 4.69) is 5.32 Å². The van der Waals surface area contributed by atoms with Crippen LogP contribution in [-0.4, -0.2) is 25.3 Å². The number of hydrogen-bond acceptors (Lipinski definition) is 3. The Morgan fingerprint density at radius 2 is 1.59 bits per heavy atom. The lowest BCUT2D eigenvalue weighted by Crippen LogP contribution is -2.39. The molecule has 1 unspecified atom stereocenters. The van der Waals surface area contributed by atoms with Crippen molar-refractivity contribution in [2.24, 2.45) is 0 Å². The van der Waals surface area contributed by atoms with Crippen LogP contribution in [0.1, 0.15) is 12.8 Å². The number of carbonyl (C=O) groups is 1. The molecule has 0 aliphatic carbocycles. The molecule has 1 atom stereocenters. The van der Waals surface area contributed by atoms with Crippen molar-refractivity contribution in [3.8, 4) is 0 Å². The third kappa shape index (κ3) is 3.46. The largest absolute Gasteiger partial charge is 0.444 e. The molecule has 1 saturated heterocycles. The topological polar surface area (TPSA) is 41.6 Å². The minimum atomic E-state index is -0.328. The minimum absolute atomic E-state index is 0.0591. The first-order chi connectivity index (χ1) is 10.8. The smallest absolute Gasteiger partial charge is 0.419 e. The Morgan fingerprint density at radius 3 is 2.09 bits per heavy atom. The van der Waals surface area contributed by atoms with Crippen LogP contribution < -0.4 is 10.2 Å². The SMILES string of the molecule is O=C(OC1CCCNC1)N(c1ccccc1)c1ccccc1. The van der Waals surface area contributed by atoms with E-state index in [0.29, 0.717) is 0 Å². The van der Waals surface area contributed by atoms with Gasteiger partial charge in [-0.05, 0) is 43.7 Å². The van der Waals surface area contributed by atoms with E-state index in [1.807, 2.05) is 60.7 Å². The van der Waals surface area contributed by atoms with Crippen LogP contribution in [0.3, 0.4) is 0 Å². The summed E-state index contributed by atoms with van der Waals surface area (Å²) in [6, 6.07) is 19.2. The van der Waals surface area contributed by atoms with Gasteiger partial charge in [-0.25, -0.2) is 9.69 Å². The molecule has 1 fully saturated rings. The number of hydrogen-bond donors (Lipinski definition) is 1. The fourth-order valence-electron chi connectivity index (χ4n) is 2.63. The molecule has 4 nitrogen and oxygen atoms in total. The van der Waals surface area contributed by atoms with Gasteiger partial charge in [-0.15, -0.1) is 0 Å². The van der Waals surface area contributed by atoms with Gasteiger partial charge in [-0.3, -0.25) is 0 Å². The van der Waals surface area contributed by atoms with Gasteiger partial charge in [0.1, 0.15) is 6.10 Å². The van der Waals surface area contributed by atoms with Gasteiger partial charge in [-0.2, -0.15) is 0 Å². The second-order valence-electron chi connectivity index (χ2n) is 5.36. The summed E-state index contributed by atoms with van der Waals surface area (Å²) < 4.78 is 5.69. The van der Waals surface area contributed by atoms with Crippen LogP contribution in [0.15, 0.2) is 60.7 Å². The Morgan fingerprint density at radius 1 is 1.00 bits per heavy atom. The minimum Gasteiger partial charge on any atom is -0.444 e. The van der Waals surface area contributed by atoms with E-state index in [-0.39, 0.29) is 12.2 Å². The Kier molecular flexibility index (Phi) is 4.71. The van der Waals surface area contributed by atoms with Crippen molar-refractivity contribution in [2.75, 3.05) is 18.0 Å². The molecule has 0 spiro atoms. The van der Waals surface area contributed by atoms with Crippen LogP contribution in [-0.2, 0) is 4.74 Å². The molecule has 1 N–H and O–H groups in total. The molecule has 2 aromatic carbocycles. The number of piperidine rings is 1. The first-order valence-corrected chi connectivity index (χ1v) is 7.66. The molecule has 22 heavy (non-hydrogen) atoms. The molecular weight excluding hydrogens is 276 g/mol. The zero-order valence-corrected chi connectivity index (χ0v) is 12.4. The van der Waals surface area contributed by atoms with Crippen LogP contribution in [0.5, 0.6) is 0 Å². The van der Waals surface area contributed by atoms with Gasteiger partial charge in [-0.1, -0.05) is 36.4 Å². The van der Waals surface area contributed by atoms with Crippen LogP contribution in [0.25, 0.3) is 0 Å². The summed E-state index contributed by atoms with van der Waals surface area (Å²) >= 11 is 0. The third-order valence-corrected chi connectivity index (χ3v) is 3.73. The average molecular weight is 296 g/mol. The number of nitrogens with one attached hydrogen (secondary N) is 1. The molecule has 0 bridgehead atoms. The molecule has 1 heterocycles. The third-order valence-electron chi connectivity index (χ3n) is 3.73. The predicted molar refractivity (Wildman–Crippen MR) is 87.4 cm³/mol. The molecule has 0 saturated carbocycles. The van der Waals surface area contributed by atoms with Crippen LogP contribution in [0.2, 0.25) is 0 Å². The second kappa shape index (κ2) is 7.09. The van der Waals surface area contributed by atoms with Crippen molar-refractivity contribution in [3.63, 3.8) is 0 Å². The molecule has 1 aliphatic heterocycles. The van der Waals surface area contributed by atoms with Crippen molar-refractivity contribution in [1.82, 2.24) is 5.32 Å². The summed E-state index contributed by atoms with van der Waals surface area (Å²) in [5.74, 6) is 0. The quantitative estimate of drug-likeness (QED) is 0.938. The van der Waals surface area contributed by atoms with Gasteiger partial charge in [0.15, 0.2) is 0 Å². The molecular formula is C18H20N2O2. The number of nitrogens with zero attached hydrogens (tertiary/aromatic N) is 1. The lowest BCUT2D eigenvalue weighted by molar-refractivity contribution is 0.0902. The van der Waals surface area contributed by atoms with Crippen LogP contribution in [0, 0.1) is 0 Å². The van der Waals surface area contributed by atoms with E-state index in [1.54, 1.807) is 4.90 Å². The van der Waals surface area contributed by atoms with E-state index in [9.17, 15) is 4.79 Å². The molecule has 0 aromatic heterocycles. The maximum atomic E-state index is 12.7. The fourth-order valence-corrected chi connectivity index (χ4v) is 2.63. The standard InChI is InChI=1S/C18H20N2O2/c21-18(22-17-12-7-13-19-14-17)20(15-8-3-1-4-9-15)16-10-5-2-6-11-16/h1-6,8-11,17,19H,7,12-14H2. The highest BCUT2D eigenvalue weighted by Crippen LogP contribution is 2.26. The van der Waals surface area contributed by atoms with Crippen molar-refractivity contribution in [1.29, 1.82) is 0 Å². The van der Waals surface area contributed by atoms with E-state index in [1.165, 1.54) is 0 Å². The number of carbonyl (C=O) groups excluding carboxylic acids is 1. The second-order valence-corrected chi connectivity index (χ2v) is 5.36. The Bertz CT molecular complexity index is 555. The predicted octanol–water partition coefficient (Wildman–Crippen LogP) is 3.71. The van der Waals surface area contributed by atoms with Gasteiger partial charge in [0.2, 0.25) is 0 Å². The maximum Gasteiger partial charge on any atom is 0.419 e. The number of amides is 1. The highest BCUT2D eigenvalue weighted by molar-refractivity contribution is 5.96. The summed E-state index contributed by atoms with van der Waals surface area (Å²) in [6.07, 6.45) is 1.56. The monoisotopic (exact) mass is 296 g/mol. The number of para-hydroxylation sites is 2. The average Bonchev–Trinajstić information content (AvgIpc) is 2.58. The molecule has 114 valence electrons. The normalized spacial score (nSPS) is 17.7. The van der Waals surface area contributed by atoms with E-state index < -0.39 is 0 Å². The Balaban J connectivity index is 1.83. The number of rotatable bonds is 3.